The van der Waals surface area contributed by atoms with Crippen LogP contribution in [-0.2, 0) is 20.9 Å². The van der Waals surface area contributed by atoms with Gasteiger partial charge in [0.05, 0.1) is 28.7 Å². The summed E-state index contributed by atoms with van der Waals surface area (Å²) in [5.41, 5.74) is 1.14. The molecule has 0 atom stereocenters. The summed E-state index contributed by atoms with van der Waals surface area (Å²) in [4.78, 5) is 38.3. The fraction of sp³-hybridized carbons (Fsp3) is 0.227. The molecule has 0 aromatic heterocycles. The standard InChI is InChI=1S/C22H18Cl2INO6S/c1-3-31-17-8-12(7-16(25)20(17)32-11-19(27)30-2)9-18-21(28)26(22(29)33-18)10-13-14(23)5-4-6-15(13)24/h4-9H,3,10-11H2,1-2H3/b18-9-. The largest absolute Gasteiger partial charge is 0.490 e. The van der Waals surface area contributed by atoms with Gasteiger partial charge in [0.1, 0.15) is 0 Å². The third-order valence-corrected chi connectivity index (χ3v) is 6.86. The number of thioether (sulfide) groups is 1. The molecule has 7 nitrogen and oxygen atoms in total. The molecule has 1 saturated heterocycles. The second-order valence-electron chi connectivity index (χ2n) is 6.60. The third kappa shape index (κ3) is 6.14. The Morgan fingerprint density at radius 1 is 1.18 bits per heavy atom. The Morgan fingerprint density at radius 2 is 1.88 bits per heavy atom. The van der Waals surface area contributed by atoms with Crippen molar-refractivity contribution in [1.82, 2.24) is 4.90 Å². The van der Waals surface area contributed by atoms with E-state index in [1.807, 2.05) is 29.5 Å². The zero-order valence-electron chi connectivity index (χ0n) is 17.5. The van der Waals surface area contributed by atoms with Crippen molar-refractivity contribution in [2.45, 2.75) is 13.5 Å². The summed E-state index contributed by atoms with van der Waals surface area (Å²) in [6.07, 6.45) is 1.61. The van der Waals surface area contributed by atoms with Gasteiger partial charge in [0.25, 0.3) is 11.1 Å². The van der Waals surface area contributed by atoms with Crippen LogP contribution < -0.4 is 9.47 Å². The number of amides is 2. The van der Waals surface area contributed by atoms with Gasteiger partial charge in [-0.25, -0.2) is 4.79 Å². The van der Waals surface area contributed by atoms with Crippen molar-refractivity contribution in [3.8, 4) is 11.5 Å². The lowest BCUT2D eigenvalue weighted by atomic mass is 10.1. The molecule has 3 rings (SSSR count). The molecule has 174 valence electrons. The first-order chi connectivity index (χ1) is 15.7. The minimum absolute atomic E-state index is 0.0252. The van der Waals surface area contributed by atoms with Crippen LogP contribution in [0.2, 0.25) is 10.0 Å². The van der Waals surface area contributed by atoms with Crippen molar-refractivity contribution in [1.29, 1.82) is 0 Å². The average Bonchev–Trinajstić information content (AvgIpc) is 3.02. The molecular weight excluding hydrogens is 604 g/mol. The lowest BCUT2D eigenvalue weighted by molar-refractivity contribution is -0.143. The van der Waals surface area contributed by atoms with Crippen LogP contribution >= 0.6 is 57.6 Å². The second kappa shape index (κ2) is 11.5. The Balaban J connectivity index is 1.87. The monoisotopic (exact) mass is 621 g/mol. The van der Waals surface area contributed by atoms with E-state index in [0.717, 1.165) is 16.7 Å². The van der Waals surface area contributed by atoms with E-state index in [1.165, 1.54) is 7.11 Å². The lowest BCUT2D eigenvalue weighted by Crippen LogP contribution is -2.27. The van der Waals surface area contributed by atoms with Crippen LogP contribution in [0.1, 0.15) is 18.1 Å². The summed E-state index contributed by atoms with van der Waals surface area (Å²) in [5, 5.41) is 0.341. The average molecular weight is 622 g/mol. The van der Waals surface area contributed by atoms with Gasteiger partial charge in [-0.05, 0) is 77.2 Å². The van der Waals surface area contributed by atoms with Gasteiger partial charge < -0.3 is 14.2 Å². The van der Waals surface area contributed by atoms with Crippen LogP contribution in [0, 0.1) is 3.57 Å². The number of imide groups is 1. The smallest absolute Gasteiger partial charge is 0.343 e. The Labute approximate surface area is 218 Å². The van der Waals surface area contributed by atoms with Crippen LogP contribution in [0.15, 0.2) is 35.2 Å². The number of ether oxygens (including phenoxy) is 3. The van der Waals surface area contributed by atoms with E-state index in [-0.39, 0.29) is 18.1 Å². The summed E-state index contributed by atoms with van der Waals surface area (Å²) in [6.45, 7) is 1.88. The number of benzene rings is 2. The maximum Gasteiger partial charge on any atom is 0.343 e. The molecule has 0 saturated carbocycles. The van der Waals surface area contributed by atoms with Gasteiger partial charge in [-0.1, -0.05) is 29.3 Å². The first kappa shape index (κ1) is 25.7. The van der Waals surface area contributed by atoms with Crippen molar-refractivity contribution in [2.75, 3.05) is 20.3 Å². The summed E-state index contributed by atoms with van der Waals surface area (Å²) in [7, 11) is 1.27. The fourth-order valence-corrected chi connectivity index (χ4v) is 5.03. The summed E-state index contributed by atoms with van der Waals surface area (Å²) < 4.78 is 16.5. The lowest BCUT2D eigenvalue weighted by Gasteiger charge is -2.15. The van der Waals surface area contributed by atoms with E-state index < -0.39 is 17.1 Å². The van der Waals surface area contributed by atoms with Gasteiger partial charge in [0.15, 0.2) is 18.1 Å². The zero-order valence-corrected chi connectivity index (χ0v) is 22.0. The number of halogens is 3. The topological polar surface area (TPSA) is 82.1 Å². The molecule has 0 N–H and O–H groups in total. The normalized spacial score (nSPS) is 14.7. The van der Waals surface area contributed by atoms with Crippen molar-refractivity contribution in [3.63, 3.8) is 0 Å². The van der Waals surface area contributed by atoms with Crippen LogP contribution in [0.25, 0.3) is 6.08 Å². The van der Waals surface area contributed by atoms with Gasteiger partial charge in [0.2, 0.25) is 0 Å². The van der Waals surface area contributed by atoms with E-state index in [2.05, 4.69) is 4.74 Å². The van der Waals surface area contributed by atoms with Crippen molar-refractivity contribution in [2.24, 2.45) is 0 Å². The molecule has 0 aliphatic carbocycles. The quantitative estimate of drug-likeness (QED) is 0.210. The molecule has 1 aliphatic heterocycles. The summed E-state index contributed by atoms with van der Waals surface area (Å²) in [5.74, 6) is -0.173. The molecule has 1 fully saturated rings. The Morgan fingerprint density at radius 3 is 2.52 bits per heavy atom. The number of methoxy groups -OCH3 is 1. The van der Waals surface area contributed by atoms with Crippen LogP contribution in [0.4, 0.5) is 4.79 Å². The predicted octanol–water partition coefficient (Wildman–Crippen LogP) is 5.79. The number of hydrogen-bond acceptors (Lipinski definition) is 7. The molecule has 0 spiro atoms. The fourth-order valence-electron chi connectivity index (χ4n) is 2.89. The molecule has 2 aromatic carbocycles. The number of rotatable bonds is 8. The maximum absolute atomic E-state index is 12.9. The highest BCUT2D eigenvalue weighted by molar-refractivity contribution is 14.1. The summed E-state index contributed by atoms with van der Waals surface area (Å²) in [6, 6.07) is 8.43. The van der Waals surface area contributed by atoms with Crippen LogP contribution in [0.5, 0.6) is 11.5 Å². The minimum Gasteiger partial charge on any atom is -0.490 e. The molecule has 0 unspecified atom stereocenters. The van der Waals surface area contributed by atoms with Gasteiger partial charge in [0, 0.05) is 15.6 Å². The van der Waals surface area contributed by atoms with E-state index in [9.17, 15) is 14.4 Å². The van der Waals surface area contributed by atoms with Crippen molar-refractivity contribution >= 4 is 80.7 Å². The number of carbonyl (C=O) groups is 3. The maximum atomic E-state index is 12.9. The number of esters is 1. The van der Waals surface area contributed by atoms with Gasteiger partial charge in [-0.2, -0.15) is 0 Å². The Hall–Kier alpha value is -1.95. The highest BCUT2D eigenvalue weighted by Crippen LogP contribution is 2.38. The van der Waals surface area contributed by atoms with Gasteiger partial charge in [-0.15, -0.1) is 0 Å². The molecule has 11 heteroatoms. The molecular formula is C22H18Cl2INO6S. The molecule has 0 bridgehead atoms. The van der Waals surface area contributed by atoms with Crippen LogP contribution in [0.3, 0.4) is 0 Å². The molecule has 1 heterocycles. The summed E-state index contributed by atoms with van der Waals surface area (Å²) >= 11 is 15.3. The van der Waals surface area contributed by atoms with E-state index in [0.29, 0.717) is 42.8 Å². The molecule has 0 radical (unpaired) electrons. The molecule has 33 heavy (non-hydrogen) atoms. The molecule has 1 aliphatic rings. The van der Waals surface area contributed by atoms with Crippen molar-refractivity contribution < 1.29 is 28.6 Å². The Kier molecular flexibility index (Phi) is 8.91. The Bertz CT molecular complexity index is 1120. The molecule has 2 aromatic rings. The highest BCUT2D eigenvalue weighted by Gasteiger charge is 2.35. The van der Waals surface area contributed by atoms with Gasteiger partial charge >= 0.3 is 5.97 Å². The third-order valence-electron chi connectivity index (χ3n) is 4.44. The van der Waals surface area contributed by atoms with Gasteiger partial charge in [-0.3, -0.25) is 14.5 Å². The number of nitrogens with zero attached hydrogens (tertiary/aromatic N) is 1. The van der Waals surface area contributed by atoms with Crippen molar-refractivity contribution in [3.05, 3.63) is 60.0 Å². The minimum atomic E-state index is -0.523. The highest BCUT2D eigenvalue weighted by atomic mass is 127. The molecule has 2 amide bonds. The number of carbonyl (C=O) groups excluding carboxylic acids is 3. The first-order valence-electron chi connectivity index (χ1n) is 9.59. The predicted molar refractivity (Wildman–Crippen MR) is 136 cm³/mol. The van der Waals surface area contributed by atoms with Crippen LogP contribution in [-0.4, -0.2) is 42.3 Å². The SMILES string of the molecule is CCOc1cc(/C=C2\SC(=O)N(Cc3c(Cl)cccc3Cl)C2=O)cc(I)c1OCC(=O)OC. The van der Waals surface area contributed by atoms with E-state index in [1.54, 1.807) is 36.4 Å². The van der Waals surface area contributed by atoms with E-state index >= 15 is 0 Å². The number of hydrogen-bond donors (Lipinski definition) is 0. The second-order valence-corrected chi connectivity index (χ2v) is 9.57. The zero-order chi connectivity index (χ0) is 24.1. The first-order valence-corrected chi connectivity index (χ1v) is 12.2. The van der Waals surface area contributed by atoms with E-state index in [4.69, 9.17) is 32.7 Å².